The van der Waals surface area contributed by atoms with Crippen LogP contribution < -0.4 is 14.5 Å². The summed E-state index contributed by atoms with van der Waals surface area (Å²) in [6.45, 7) is 6.21. The molecule has 270 valence electrons. The molecule has 0 spiro atoms. The Hall–Kier alpha value is -4.14. The number of halogens is 4. The van der Waals surface area contributed by atoms with Crippen LogP contribution in [0.1, 0.15) is 44.0 Å². The highest BCUT2D eigenvalue weighted by molar-refractivity contribution is 7.98. The molecule has 0 fully saturated rings. The first-order valence-electron chi connectivity index (χ1n) is 16.0. The minimum absolute atomic E-state index is 0.0260. The standard InChI is InChI=1S/C36H38Cl2F2N6O4S/c1-23(34(47)48)44(14-6-13-43-16-15-42(4)22-43)46(49)27-18-30(38)28(31(40)19-27)21-51-35-41-20-33(45(35)26-10-8-25(39)9-11-26)36(2,3)24-7-12-29(37)32(17-24)50-5/h7-12,15-20,22-23,49H,6,13-14,21H2,1-5H3/p+1. The SMILES string of the molecule is COc1cc(C(C)(C)c2cnc(SCc3c(F)cc(N(O)N(CCCn4cc[n+](C)c4)C(C)C(=O)O)cc3Cl)n2-c2ccc(F)cc2)ccc1Cl. The smallest absolute Gasteiger partial charge is 0.322 e. The molecule has 15 heteroatoms. The maximum absolute atomic E-state index is 15.8. The number of carboxylic acids is 1. The lowest BCUT2D eigenvalue weighted by molar-refractivity contribution is -0.671. The molecule has 0 aliphatic heterocycles. The second-order valence-corrected chi connectivity index (χ2v) is 14.3. The first kappa shape index (κ1) is 38.1. The molecule has 0 aliphatic rings. The van der Waals surface area contributed by atoms with Crippen molar-refractivity contribution in [2.45, 2.75) is 56.1 Å². The quantitative estimate of drug-likeness (QED) is 0.0637. The summed E-state index contributed by atoms with van der Waals surface area (Å²) in [5.41, 5.74) is 1.82. The third kappa shape index (κ3) is 8.50. The molecule has 0 bridgehead atoms. The molecule has 0 saturated heterocycles. The van der Waals surface area contributed by atoms with Crippen molar-refractivity contribution in [3.05, 3.63) is 118 Å². The average Bonchev–Trinajstić information content (AvgIpc) is 3.72. The largest absolute Gasteiger partial charge is 0.495 e. The van der Waals surface area contributed by atoms with Crippen molar-refractivity contribution in [3.63, 3.8) is 0 Å². The van der Waals surface area contributed by atoms with Crippen LogP contribution in [0, 0.1) is 11.6 Å². The maximum atomic E-state index is 15.8. The number of hydrazine groups is 1. The van der Waals surface area contributed by atoms with E-state index in [0.29, 0.717) is 39.8 Å². The van der Waals surface area contributed by atoms with Gasteiger partial charge in [0.15, 0.2) is 5.16 Å². The molecular formula is C36H39Cl2F2N6O4S+. The van der Waals surface area contributed by atoms with Gasteiger partial charge < -0.3 is 9.84 Å². The number of rotatable bonds is 15. The van der Waals surface area contributed by atoms with Crippen LogP contribution in [-0.2, 0) is 29.6 Å². The number of anilines is 1. The highest BCUT2D eigenvalue weighted by Crippen LogP contribution is 2.40. The Labute approximate surface area is 309 Å². The van der Waals surface area contributed by atoms with Gasteiger partial charge in [0.25, 0.3) is 0 Å². The summed E-state index contributed by atoms with van der Waals surface area (Å²) >= 11 is 14.2. The van der Waals surface area contributed by atoms with E-state index >= 15 is 4.39 Å². The summed E-state index contributed by atoms with van der Waals surface area (Å²) in [6, 6.07) is 12.9. The first-order chi connectivity index (χ1) is 24.2. The molecule has 0 aliphatic carbocycles. The summed E-state index contributed by atoms with van der Waals surface area (Å²) < 4.78 is 41.0. The first-order valence-corrected chi connectivity index (χ1v) is 17.7. The van der Waals surface area contributed by atoms with Crippen molar-refractivity contribution < 1.29 is 33.2 Å². The minimum atomic E-state index is -1.16. The molecule has 0 saturated carbocycles. The van der Waals surface area contributed by atoms with Gasteiger partial charge >= 0.3 is 5.97 Å². The van der Waals surface area contributed by atoms with Crippen LogP contribution in [0.25, 0.3) is 5.69 Å². The van der Waals surface area contributed by atoms with Crippen molar-refractivity contribution in [1.82, 2.24) is 19.1 Å². The number of aliphatic carboxylic acids is 1. The number of carboxylic acid groups (broad SMARTS) is 1. The number of hydrogen-bond donors (Lipinski definition) is 2. The number of methoxy groups -OCH3 is 1. The van der Waals surface area contributed by atoms with Gasteiger partial charge in [-0.1, -0.05) is 54.9 Å². The number of carbonyl (C=O) groups is 1. The highest BCUT2D eigenvalue weighted by atomic mass is 35.5. The van der Waals surface area contributed by atoms with Gasteiger partial charge in [0.1, 0.15) is 35.8 Å². The van der Waals surface area contributed by atoms with E-state index in [1.165, 1.54) is 41.9 Å². The van der Waals surface area contributed by atoms with Gasteiger partial charge in [0, 0.05) is 40.1 Å². The van der Waals surface area contributed by atoms with Crippen molar-refractivity contribution in [1.29, 1.82) is 0 Å². The van der Waals surface area contributed by atoms with E-state index in [2.05, 4.69) is 0 Å². The van der Waals surface area contributed by atoms with Crippen LogP contribution in [-0.4, -0.2) is 55.1 Å². The number of hydrogen-bond acceptors (Lipinski definition) is 7. The summed E-state index contributed by atoms with van der Waals surface area (Å²) in [4.78, 5) is 16.6. The van der Waals surface area contributed by atoms with Crippen LogP contribution in [0.15, 0.2) is 84.7 Å². The molecule has 1 unspecified atom stereocenters. The van der Waals surface area contributed by atoms with E-state index in [9.17, 15) is 19.5 Å². The third-order valence-corrected chi connectivity index (χ3v) is 10.3. The normalized spacial score (nSPS) is 12.4. The van der Waals surface area contributed by atoms with Crippen molar-refractivity contribution >= 4 is 46.6 Å². The Bertz CT molecular complexity index is 1980. The second-order valence-electron chi connectivity index (χ2n) is 12.5. The maximum Gasteiger partial charge on any atom is 0.322 e. The molecule has 2 N–H and O–H groups in total. The van der Waals surface area contributed by atoms with Crippen LogP contribution in [0.5, 0.6) is 5.75 Å². The number of aromatic nitrogens is 4. The van der Waals surface area contributed by atoms with Crippen LogP contribution in [0.4, 0.5) is 14.5 Å². The van der Waals surface area contributed by atoms with Gasteiger partial charge in [0.05, 0.1) is 43.3 Å². The van der Waals surface area contributed by atoms with Crippen molar-refractivity contribution in [2.75, 3.05) is 18.8 Å². The molecule has 0 radical (unpaired) electrons. The number of aryl methyl sites for hydroxylation is 2. The Balaban J connectivity index is 1.41. The molecule has 51 heavy (non-hydrogen) atoms. The van der Waals surface area contributed by atoms with E-state index in [1.807, 2.05) is 65.5 Å². The van der Waals surface area contributed by atoms with Crippen molar-refractivity contribution in [3.8, 4) is 11.4 Å². The fourth-order valence-electron chi connectivity index (χ4n) is 5.67. The highest BCUT2D eigenvalue weighted by Gasteiger charge is 2.31. The molecule has 2 aromatic heterocycles. The van der Waals surface area contributed by atoms with Gasteiger partial charge in [-0.2, -0.15) is 10.2 Å². The Morgan fingerprint density at radius 3 is 2.47 bits per heavy atom. The van der Waals surface area contributed by atoms with Gasteiger partial charge in [-0.05, 0) is 61.4 Å². The van der Waals surface area contributed by atoms with E-state index < -0.39 is 29.1 Å². The van der Waals surface area contributed by atoms with E-state index in [-0.39, 0.29) is 28.6 Å². The lowest BCUT2D eigenvalue weighted by Gasteiger charge is -2.34. The molecule has 0 amide bonds. The summed E-state index contributed by atoms with van der Waals surface area (Å²) in [5.74, 6) is -1.66. The van der Waals surface area contributed by atoms with E-state index in [0.717, 1.165) is 17.3 Å². The molecule has 10 nitrogen and oxygen atoms in total. The molecule has 3 aromatic carbocycles. The summed E-state index contributed by atoms with van der Waals surface area (Å²) in [7, 11) is 3.44. The zero-order chi connectivity index (χ0) is 37.0. The lowest BCUT2D eigenvalue weighted by Crippen LogP contribution is -2.50. The topological polar surface area (TPSA) is 99.9 Å². The number of ether oxygens (including phenoxy) is 1. The van der Waals surface area contributed by atoms with E-state index in [4.69, 9.17) is 32.9 Å². The number of thioether (sulfide) groups is 1. The van der Waals surface area contributed by atoms with Crippen molar-refractivity contribution in [2.24, 2.45) is 7.05 Å². The Morgan fingerprint density at radius 1 is 1.12 bits per heavy atom. The lowest BCUT2D eigenvalue weighted by atomic mass is 9.81. The van der Waals surface area contributed by atoms with Gasteiger partial charge in [-0.15, -0.1) is 0 Å². The molecule has 5 rings (SSSR count). The van der Waals surface area contributed by atoms with Gasteiger partial charge in [0.2, 0.25) is 6.33 Å². The van der Waals surface area contributed by atoms with Crippen LogP contribution in [0.2, 0.25) is 10.0 Å². The summed E-state index contributed by atoms with van der Waals surface area (Å²) in [5, 5.41) is 23.8. The third-order valence-electron chi connectivity index (χ3n) is 8.70. The molecule has 2 heterocycles. The predicted molar refractivity (Wildman–Crippen MR) is 193 cm³/mol. The fraction of sp³-hybridized carbons (Fsp3) is 0.306. The zero-order valence-electron chi connectivity index (χ0n) is 28.7. The van der Waals surface area contributed by atoms with Gasteiger partial charge in [-0.25, -0.2) is 22.9 Å². The number of imidazole rings is 2. The molecule has 5 aromatic rings. The second kappa shape index (κ2) is 16.0. The van der Waals surface area contributed by atoms with E-state index in [1.54, 1.807) is 31.5 Å². The Morgan fingerprint density at radius 2 is 1.84 bits per heavy atom. The predicted octanol–water partition coefficient (Wildman–Crippen LogP) is 7.69. The number of nitrogens with zero attached hydrogens (tertiary/aromatic N) is 6. The molecule has 1 atom stereocenters. The average molecular weight is 761 g/mol. The molecular weight excluding hydrogens is 721 g/mol. The monoisotopic (exact) mass is 759 g/mol. The van der Waals surface area contributed by atoms with Crippen LogP contribution >= 0.6 is 35.0 Å². The zero-order valence-corrected chi connectivity index (χ0v) is 31.1. The Kier molecular flexibility index (Phi) is 12.0. The fourth-order valence-corrected chi connectivity index (χ4v) is 7.24. The van der Waals surface area contributed by atoms with Crippen LogP contribution in [0.3, 0.4) is 0 Å². The van der Waals surface area contributed by atoms with Gasteiger partial charge in [-0.3, -0.25) is 14.6 Å². The minimum Gasteiger partial charge on any atom is -0.495 e. The summed E-state index contributed by atoms with van der Waals surface area (Å²) in [6.07, 6.45) is 7.89. The number of benzene rings is 3.